The molecule has 2 N–H and O–H groups in total. The Kier molecular flexibility index (Phi) is 6.13. The fourth-order valence-corrected chi connectivity index (χ4v) is 5.50. The number of aromatic nitrogens is 6. The van der Waals surface area contributed by atoms with Crippen LogP contribution in [0.3, 0.4) is 0 Å². The van der Waals surface area contributed by atoms with Gasteiger partial charge >= 0.3 is 5.95 Å². The maximum Gasteiger partial charge on any atom is 0.377 e. The van der Waals surface area contributed by atoms with E-state index in [9.17, 15) is 0 Å². The average Bonchev–Trinajstić information content (AvgIpc) is 3.52. The molecule has 0 bridgehead atoms. The number of para-hydroxylation sites is 4. The fourth-order valence-electron chi connectivity index (χ4n) is 5.50. The molecule has 200 valence electrons. The van der Waals surface area contributed by atoms with Gasteiger partial charge < -0.3 is 4.90 Å². The maximum atomic E-state index is 5.11. The minimum atomic E-state index is 0.738. The average molecular weight is 531 g/mol. The predicted molar refractivity (Wildman–Crippen MR) is 158 cm³/mol. The van der Waals surface area contributed by atoms with E-state index in [0.717, 1.165) is 83.9 Å². The van der Waals surface area contributed by atoms with E-state index >= 15 is 0 Å². The number of nitrogens with one attached hydrogen (secondary N) is 2. The molecule has 0 aliphatic carbocycles. The zero-order valence-electron chi connectivity index (χ0n) is 22.7. The molecule has 9 heteroatoms. The lowest BCUT2D eigenvalue weighted by Crippen LogP contribution is -2.46. The molecule has 1 fully saturated rings. The van der Waals surface area contributed by atoms with Gasteiger partial charge in [0.1, 0.15) is 5.52 Å². The van der Waals surface area contributed by atoms with E-state index < -0.39 is 0 Å². The first-order valence-electron chi connectivity index (χ1n) is 13.7. The van der Waals surface area contributed by atoms with Crippen LogP contribution < -0.4 is 14.9 Å². The molecule has 6 aromatic rings. The van der Waals surface area contributed by atoms with Gasteiger partial charge in [-0.3, -0.25) is 15.3 Å². The monoisotopic (exact) mass is 530 g/mol. The summed E-state index contributed by atoms with van der Waals surface area (Å²) in [6.07, 6.45) is 0. The van der Waals surface area contributed by atoms with Crippen LogP contribution in [0, 0.1) is 6.92 Å². The van der Waals surface area contributed by atoms with Crippen LogP contribution in [0.2, 0.25) is 0 Å². The fraction of sp³-hybridized carbons (Fsp3) is 0.226. The van der Waals surface area contributed by atoms with Crippen molar-refractivity contribution in [3.05, 3.63) is 96.2 Å². The molecule has 1 aliphatic heterocycles. The summed E-state index contributed by atoms with van der Waals surface area (Å²) in [5, 5.41) is 7.07. The number of nitrogens with zero attached hydrogens (tertiary/aromatic N) is 7. The number of benzene rings is 3. The molecule has 1 aliphatic rings. The number of H-pyrrole nitrogens is 1. The third kappa shape index (κ3) is 4.54. The molecule has 0 atom stereocenters. The number of aryl methyl sites for hydroxylation is 2. The first kappa shape index (κ1) is 24.3. The molecule has 0 saturated carbocycles. The van der Waals surface area contributed by atoms with Gasteiger partial charge in [0.15, 0.2) is 11.3 Å². The van der Waals surface area contributed by atoms with Gasteiger partial charge in [-0.25, -0.2) is 14.5 Å². The lowest BCUT2D eigenvalue weighted by molar-refractivity contribution is -0.650. The van der Waals surface area contributed by atoms with Gasteiger partial charge in [0.25, 0.3) is 0 Å². The van der Waals surface area contributed by atoms with Crippen LogP contribution in [0.5, 0.6) is 0 Å². The highest BCUT2D eigenvalue weighted by Crippen LogP contribution is 2.29. The van der Waals surface area contributed by atoms with Gasteiger partial charge in [-0.2, -0.15) is 0 Å². The number of hydrogen-bond acceptors (Lipinski definition) is 6. The van der Waals surface area contributed by atoms with Crippen LogP contribution in [-0.2, 0) is 13.6 Å². The van der Waals surface area contributed by atoms with Crippen molar-refractivity contribution < 1.29 is 4.68 Å². The van der Waals surface area contributed by atoms with Crippen molar-refractivity contribution >= 4 is 39.5 Å². The molecular formula is C31H32N9+. The highest BCUT2D eigenvalue weighted by Gasteiger charge is 2.26. The molecule has 0 radical (unpaired) electrons. The second-order valence-electron chi connectivity index (χ2n) is 10.4. The Balaban J connectivity index is 1.22. The summed E-state index contributed by atoms with van der Waals surface area (Å²) in [7, 11) is 2.04. The van der Waals surface area contributed by atoms with Crippen molar-refractivity contribution in [2.24, 2.45) is 7.05 Å². The topological polar surface area (TPSA) is 81.8 Å². The highest BCUT2D eigenvalue weighted by atomic mass is 15.4. The van der Waals surface area contributed by atoms with Crippen LogP contribution in [0.15, 0.2) is 84.9 Å². The van der Waals surface area contributed by atoms with Crippen LogP contribution in [0.4, 0.5) is 17.5 Å². The number of imidazole rings is 1. The zero-order chi connectivity index (χ0) is 27.1. The molecule has 1 saturated heterocycles. The quantitative estimate of drug-likeness (QED) is 0.309. The van der Waals surface area contributed by atoms with Gasteiger partial charge in [0.05, 0.1) is 11.0 Å². The van der Waals surface area contributed by atoms with E-state index in [1.54, 1.807) is 0 Å². The highest BCUT2D eigenvalue weighted by molar-refractivity contribution is 5.82. The Morgan fingerprint density at radius 1 is 0.800 bits per heavy atom. The smallest absolute Gasteiger partial charge is 0.350 e. The van der Waals surface area contributed by atoms with Gasteiger partial charge in [-0.15, -0.1) is 9.67 Å². The van der Waals surface area contributed by atoms with E-state index in [1.165, 1.54) is 5.56 Å². The molecule has 9 nitrogen and oxygen atoms in total. The van der Waals surface area contributed by atoms with Crippen molar-refractivity contribution in [1.29, 1.82) is 0 Å². The van der Waals surface area contributed by atoms with E-state index in [2.05, 4.69) is 67.2 Å². The maximum absolute atomic E-state index is 5.11. The molecule has 40 heavy (non-hydrogen) atoms. The largest absolute Gasteiger partial charge is 0.377 e. The van der Waals surface area contributed by atoms with Gasteiger partial charge in [-0.1, -0.05) is 54.6 Å². The van der Waals surface area contributed by atoms with E-state index in [0.29, 0.717) is 0 Å². The second kappa shape index (κ2) is 10.1. The van der Waals surface area contributed by atoms with Crippen molar-refractivity contribution in [3.8, 4) is 5.95 Å². The van der Waals surface area contributed by atoms with Crippen LogP contribution in [-0.4, -0.2) is 55.7 Å². The van der Waals surface area contributed by atoms with Crippen molar-refractivity contribution in [3.63, 3.8) is 0 Å². The van der Waals surface area contributed by atoms with Crippen LogP contribution in [0.1, 0.15) is 11.3 Å². The van der Waals surface area contributed by atoms with Gasteiger partial charge in [0.2, 0.25) is 11.6 Å². The summed E-state index contributed by atoms with van der Waals surface area (Å²) in [4.78, 5) is 19.9. The standard InChI is InChI=1S/C31H31N9/c1-22-20-28(40(36-22)31-34-26-14-8-9-15-27(26)37(31)2)35-29-30(33-25-13-7-6-12-24(25)32-29)39-18-16-38(17-19-39)21-23-10-4-3-5-11-23/h3-15,20H,16-19,21H2,1-2H3,(H,32,35,36)/p+1. The lowest BCUT2D eigenvalue weighted by Gasteiger charge is -2.35. The lowest BCUT2D eigenvalue weighted by atomic mass is 10.2. The summed E-state index contributed by atoms with van der Waals surface area (Å²) in [5.74, 6) is 3.25. The summed E-state index contributed by atoms with van der Waals surface area (Å²) in [5.41, 5.74) is 6.13. The summed E-state index contributed by atoms with van der Waals surface area (Å²) in [6, 6.07) is 29.0. The molecular weight excluding hydrogens is 498 g/mol. The Bertz CT molecular complexity index is 1800. The van der Waals surface area contributed by atoms with Crippen molar-refractivity contribution in [2.45, 2.75) is 13.5 Å². The molecule has 4 heterocycles. The first-order chi connectivity index (χ1) is 19.6. The Morgan fingerprint density at radius 3 is 2.23 bits per heavy atom. The van der Waals surface area contributed by atoms with E-state index in [4.69, 9.17) is 15.0 Å². The van der Waals surface area contributed by atoms with E-state index in [-0.39, 0.29) is 0 Å². The summed E-state index contributed by atoms with van der Waals surface area (Å²) >= 11 is 0. The Morgan fingerprint density at radius 2 is 1.48 bits per heavy atom. The molecule has 0 unspecified atom stereocenters. The number of fused-ring (bicyclic) bond motifs is 2. The van der Waals surface area contributed by atoms with Crippen LogP contribution in [0.25, 0.3) is 28.0 Å². The number of hydrogen-bond donors (Lipinski definition) is 2. The molecule has 0 spiro atoms. The SMILES string of the molecule is Cc1cc(Nc2nc3ccccc3nc2N2CCN(Cc3ccccc3)CC2)[n+](-c2nc3ccccc3n2C)[nH]1. The number of anilines is 3. The number of piperazine rings is 1. The summed E-state index contributed by atoms with van der Waals surface area (Å²) < 4.78 is 4.07. The minimum Gasteiger partial charge on any atom is -0.350 e. The zero-order valence-corrected chi connectivity index (χ0v) is 22.7. The second-order valence-corrected chi connectivity index (χ2v) is 10.4. The Labute approximate surface area is 232 Å². The van der Waals surface area contributed by atoms with Gasteiger partial charge in [0, 0.05) is 51.5 Å². The minimum absolute atomic E-state index is 0.738. The third-order valence-electron chi connectivity index (χ3n) is 7.57. The predicted octanol–water partition coefficient (Wildman–Crippen LogP) is 4.50. The van der Waals surface area contributed by atoms with Crippen LogP contribution >= 0.6 is 0 Å². The van der Waals surface area contributed by atoms with Crippen molar-refractivity contribution in [1.82, 2.24) is 29.5 Å². The summed E-state index contributed by atoms with van der Waals surface area (Å²) in [6.45, 7) is 6.70. The normalized spacial score (nSPS) is 14.3. The molecule has 3 aromatic carbocycles. The Hall–Kier alpha value is -4.76. The van der Waals surface area contributed by atoms with Crippen molar-refractivity contribution in [2.75, 3.05) is 36.4 Å². The molecule has 3 aromatic heterocycles. The van der Waals surface area contributed by atoms with Gasteiger partial charge in [-0.05, 0) is 36.8 Å². The van der Waals surface area contributed by atoms with E-state index in [1.807, 2.05) is 61.1 Å². The number of aromatic amines is 1. The number of rotatable bonds is 6. The molecule has 7 rings (SSSR count). The molecule has 0 amide bonds. The third-order valence-corrected chi connectivity index (χ3v) is 7.57. The first-order valence-corrected chi connectivity index (χ1v) is 13.7.